The monoisotopic (exact) mass is 189 g/mol. The van der Waals surface area contributed by atoms with Crippen molar-refractivity contribution in [1.82, 2.24) is 5.01 Å². The molecule has 0 aliphatic carbocycles. The molecule has 5 nitrogen and oxygen atoms in total. The van der Waals surface area contributed by atoms with Crippen LogP contribution in [0.25, 0.3) is 0 Å². The van der Waals surface area contributed by atoms with Gasteiger partial charge in [-0.1, -0.05) is 13.3 Å². The lowest BCUT2D eigenvalue weighted by molar-refractivity contribution is -0.724. The number of nitrogens with zero attached hydrogens (tertiary/aromatic N) is 3. The molecule has 0 aliphatic heterocycles. The van der Waals surface area contributed by atoms with Gasteiger partial charge in [0.2, 0.25) is 5.28 Å². The van der Waals surface area contributed by atoms with Crippen molar-refractivity contribution < 1.29 is 10.2 Å². The molecule has 0 saturated heterocycles. The van der Waals surface area contributed by atoms with Crippen LogP contribution < -0.4 is 0 Å². The van der Waals surface area contributed by atoms with Crippen molar-refractivity contribution in [2.24, 2.45) is 5.28 Å². The highest BCUT2D eigenvalue weighted by atomic mass is 16.6. The third-order valence-corrected chi connectivity index (χ3v) is 1.78. The summed E-state index contributed by atoms with van der Waals surface area (Å²) in [6.45, 7) is 8.36. The summed E-state index contributed by atoms with van der Waals surface area (Å²) in [4.78, 5) is 0.246. The van der Waals surface area contributed by atoms with Gasteiger partial charge in [-0.05, 0) is 27.2 Å². The van der Waals surface area contributed by atoms with E-state index in [1.54, 1.807) is 0 Å². The van der Waals surface area contributed by atoms with Gasteiger partial charge in [-0.15, -0.1) is 5.01 Å². The molecule has 0 fully saturated rings. The molecule has 0 aromatic heterocycles. The molecule has 0 saturated carbocycles. The van der Waals surface area contributed by atoms with Crippen molar-refractivity contribution in [3.8, 4) is 0 Å². The molecular weight excluding hydrogens is 170 g/mol. The molecule has 0 radical (unpaired) electrons. The van der Waals surface area contributed by atoms with Crippen LogP contribution in [0.2, 0.25) is 0 Å². The summed E-state index contributed by atoms with van der Waals surface area (Å²) in [7, 11) is 0. The first-order valence-electron chi connectivity index (χ1n) is 4.53. The van der Waals surface area contributed by atoms with Gasteiger partial charge in [-0.25, -0.2) is 0 Å². The van der Waals surface area contributed by atoms with E-state index in [0.29, 0.717) is 6.54 Å². The fourth-order valence-electron chi connectivity index (χ4n) is 1.03. The highest BCUT2D eigenvalue weighted by Gasteiger charge is 2.27. The maximum absolute atomic E-state index is 11.1. The number of rotatable bonds is 4. The Hall–Kier alpha value is -1.00. The lowest BCUT2D eigenvalue weighted by Crippen LogP contribution is -2.46. The zero-order valence-corrected chi connectivity index (χ0v) is 8.82. The minimum atomic E-state index is -0.316. The van der Waals surface area contributed by atoms with Crippen molar-refractivity contribution in [2.45, 2.75) is 46.1 Å². The first-order valence-corrected chi connectivity index (χ1v) is 4.53. The zero-order valence-electron chi connectivity index (χ0n) is 8.82. The van der Waals surface area contributed by atoms with E-state index in [2.05, 4.69) is 5.28 Å². The summed E-state index contributed by atoms with van der Waals surface area (Å²) in [6.07, 6.45) is 1.91. The van der Waals surface area contributed by atoms with Crippen molar-refractivity contribution in [2.75, 3.05) is 6.54 Å². The second kappa shape index (κ2) is 4.89. The lowest BCUT2D eigenvalue weighted by Gasteiger charge is -2.29. The molecule has 1 N–H and O–H groups in total. The number of hydrogen-bond donors (Lipinski definition) is 1. The molecule has 0 bridgehead atoms. The lowest BCUT2D eigenvalue weighted by atomic mass is 10.1. The molecule has 0 amide bonds. The average Bonchev–Trinajstić information content (AvgIpc) is 2.02. The maximum atomic E-state index is 11.1. The Kier molecular flexibility index (Phi) is 4.51. The minimum Gasteiger partial charge on any atom is -0.569 e. The molecule has 78 valence electrons. The Morgan fingerprint density at radius 3 is 2.31 bits per heavy atom. The minimum absolute atomic E-state index is 0.246. The molecule has 0 heterocycles. The third-order valence-electron chi connectivity index (χ3n) is 1.78. The van der Waals surface area contributed by atoms with Crippen LogP contribution in [0.5, 0.6) is 0 Å². The number of unbranched alkanes of at least 4 members (excludes halogenated alkanes) is 1. The quantitative estimate of drug-likeness (QED) is 0.418. The van der Waals surface area contributed by atoms with E-state index in [0.717, 1.165) is 12.8 Å². The van der Waals surface area contributed by atoms with Crippen LogP contribution in [-0.2, 0) is 0 Å². The van der Waals surface area contributed by atoms with Crippen LogP contribution in [0, 0.1) is 5.21 Å². The Morgan fingerprint density at radius 2 is 2.00 bits per heavy atom. The Bertz CT molecular complexity index is 175. The summed E-state index contributed by atoms with van der Waals surface area (Å²) < 4.78 is 0. The SMILES string of the molecule is CCCCN(/[N+]([O-])=N/O)C(C)(C)C. The standard InChI is InChI=1S/C8H19N3O2/c1-5-6-7-10(8(2,3)4)11(13)9-12/h12H,5-7H2,1-4H3/b11-9-. The molecule has 0 rings (SSSR count). The van der Waals surface area contributed by atoms with Crippen LogP contribution in [-0.4, -0.2) is 27.3 Å². The molecule has 13 heavy (non-hydrogen) atoms. The van der Waals surface area contributed by atoms with E-state index >= 15 is 0 Å². The second-order valence-corrected chi connectivity index (χ2v) is 3.99. The summed E-state index contributed by atoms with van der Waals surface area (Å²) in [5, 5.41) is 23.5. The largest absolute Gasteiger partial charge is 0.569 e. The van der Waals surface area contributed by atoms with Gasteiger partial charge in [-0.3, -0.25) is 0 Å². The predicted molar refractivity (Wildman–Crippen MR) is 49.2 cm³/mol. The highest BCUT2D eigenvalue weighted by Crippen LogP contribution is 2.14. The van der Waals surface area contributed by atoms with Gasteiger partial charge in [0.25, 0.3) is 0 Å². The van der Waals surface area contributed by atoms with Gasteiger partial charge < -0.3 is 10.4 Å². The molecule has 0 atom stereocenters. The van der Waals surface area contributed by atoms with E-state index in [1.807, 2.05) is 27.7 Å². The Labute approximate surface area is 79.2 Å². The zero-order chi connectivity index (χ0) is 10.5. The van der Waals surface area contributed by atoms with E-state index < -0.39 is 0 Å². The van der Waals surface area contributed by atoms with Crippen molar-refractivity contribution in [3.05, 3.63) is 5.21 Å². The second-order valence-electron chi connectivity index (χ2n) is 3.99. The fraction of sp³-hybridized carbons (Fsp3) is 1.00. The number of hydrogen-bond acceptors (Lipinski definition) is 2. The predicted octanol–water partition coefficient (Wildman–Crippen LogP) is 2.15. The summed E-state index contributed by atoms with van der Waals surface area (Å²) in [6, 6.07) is 0. The summed E-state index contributed by atoms with van der Waals surface area (Å²) in [5.41, 5.74) is -0.316. The molecular formula is C8H19N3O2. The topological polar surface area (TPSA) is 61.9 Å². The van der Waals surface area contributed by atoms with Crippen molar-refractivity contribution in [3.63, 3.8) is 0 Å². The molecule has 0 aromatic rings. The average molecular weight is 189 g/mol. The van der Waals surface area contributed by atoms with Gasteiger partial charge in [0.1, 0.15) is 0 Å². The molecule has 0 aromatic carbocycles. The summed E-state index contributed by atoms with van der Waals surface area (Å²) in [5.74, 6) is 0. The maximum Gasteiger partial charge on any atom is 0.230 e. The first-order chi connectivity index (χ1) is 5.93. The van der Waals surface area contributed by atoms with Gasteiger partial charge in [0.15, 0.2) is 0 Å². The van der Waals surface area contributed by atoms with Gasteiger partial charge in [-0.2, -0.15) is 0 Å². The van der Waals surface area contributed by atoms with Crippen molar-refractivity contribution in [1.29, 1.82) is 0 Å². The van der Waals surface area contributed by atoms with E-state index in [1.165, 1.54) is 5.01 Å². The fourth-order valence-corrected chi connectivity index (χ4v) is 1.03. The highest BCUT2D eigenvalue weighted by molar-refractivity contribution is 4.68. The summed E-state index contributed by atoms with van der Waals surface area (Å²) >= 11 is 0. The molecule has 0 unspecified atom stereocenters. The molecule has 5 heteroatoms. The van der Waals surface area contributed by atoms with Gasteiger partial charge in [0.05, 0.1) is 17.1 Å². The molecule has 0 aliphatic rings. The molecule has 0 spiro atoms. The van der Waals surface area contributed by atoms with Crippen LogP contribution in [0.15, 0.2) is 5.28 Å². The van der Waals surface area contributed by atoms with Crippen LogP contribution in [0.3, 0.4) is 0 Å². The smallest absolute Gasteiger partial charge is 0.230 e. The Balaban J connectivity index is 4.38. The van der Waals surface area contributed by atoms with Crippen molar-refractivity contribution >= 4 is 0 Å². The van der Waals surface area contributed by atoms with Gasteiger partial charge in [0, 0.05) is 0 Å². The van der Waals surface area contributed by atoms with Crippen LogP contribution in [0.4, 0.5) is 0 Å². The third kappa shape index (κ3) is 3.96. The van der Waals surface area contributed by atoms with E-state index in [4.69, 9.17) is 5.21 Å². The first kappa shape index (κ1) is 12.0. The van der Waals surface area contributed by atoms with Crippen LogP contribution in [0.1, 0.15) is 40.5 Å². The van der Waals surface area contributed by atoms with Crippen LogP contribution >= 0.6 is 0 Å². The van der Waals surface area contributed by atoms with Gasteiger partial charge >= 0.3 is 0 Å². The normalized spacial score (nSPS) is 13.1. The Morgan fingerprint density at radius 1 is 1.46 bits per heavy atom. The number of hydrazine groups is 1. The van der Waals surface area contributed by atoms with E-state index in [-0.39, 0.29) is 10.5 Å². The van der Waals surface area contributed by atoms with E-state index in [9.17, 15) is 5.21 Å².